The molecule has 2 nitrogen and oxygen atoms in total. The fourth-order valence-electron chi connectivity index (χ4n) is 6.61. The smallest absolute Gasteiger partial charge is 0.450 e. The summed E-state index contributed by atoms with van der Waals surface area (Å²) in [6.45, 7) is 2.26. The third-order valence-corrected chi connectivity index (χ3v) is 8.38. The molecule has 2 aliphatic rings. The molecule has 0 N–H and O–H groups in total. The van der Waals surface area contributed by atoms with Crippen LogP contribution in [0.3, 0.4) is 0 Å². The Hall–Kier alpha value is -2.31. The lowest BCUT2D eigenvalue weighted by molar-refractivity contribution is -0.275. The Morgan fingerprint density at radius 2 is 1.37 bits per heavy atom. The maximum absolute atomic E-state index is 15.5. The van der Waals surface area contributed by atoms with Crippen LogP contribution >= 0.6 is 0 Å². The molecule has 2 aliphatic carbocycles. The van der Waals surface area contributed by atoms with E-state index in [0.717, 1.165) is 43.6 Å². The summed E-state index contributed by atoms with van der Waals surface area (Å²) in [6.07, 6.45) is 6.82. The number of hydrogen-bond donors (Lipinski definition) is 0. The van der Waals surface area contributed by atoms with Crippen LogP contribution in [0.25, 0.3) is 21.9 Å². The summed E-state index contributed by atoms with van der Waals surface area (Å²) in [5.41, 5.74) is 0.00551. The molecule has 35 heavy (non-hydrogen) atoms. The molecule has 1 aromatic heterocycles. The maximum atomic E-state index is 15.5. The van der Waals surface area contributed by atoms with Crippen molar-refractivity contribution < 1.29 is 31.1 Å². The van der Waals surface area contributed by atoms with Gasteiger partial charge < -0.3 is 9.15 Å². The third-order valence-electron chi connectivity index (χ3n) is 8.38. The summed E-state index contributed by atoms with van der Waals surface area (Å²) < 4.78 is 77.1. The molecule has 2 aromatic carbocycles. The minimum absolute atomic E-state index is 0.0641. The first-order chi connectivity index (χ1) is 16.7. The van der Waals surface area contributed by atoms with E-state index in [9.17, 15) is 17.6 Å². The normalized spacial score (nSPS) is 25.9. The van der Waals surface area contributed by atoms with Crippen LogP contribution in [0.4, 0.5) is 22.0 Å². The number of furan rings is 1. The van der Waals surface area contributed by atoms with Crippen LogP contribution in [0.15, 0.2) is 28.7 Å². The van der Waals surface area contributed by atoms with Gasteiger partial charge in [-0.1, -0.05) is 38.7 Å². The topological polar surface area (TPSA) is 22.4 Å². The molecule has 5 rings (SSSR count). The highest BCUT2D eigenvalue weighted by atomic mass is 19.4. The number of halogens is 5. The summed E-state index contributed by atoms with van der Waals surface area (Å²) in [5, 5.41) is 0.566. The van der Waals surface area contributed by atoms with Crippen molar-refractivity contribution in [2.24, 2.45) is 17.8 Å². The predicted octanol–water partition coefficient (Wildman–Crippen LogP) is 9.64. The van der Waals surface area contributed by atoms with Crippen LogP contribution in [0.5, 0.6) is 5.75 Å². The van der Waals surface area contributed by atoms with E-state index in [1.54, 1.807) is 12.1 Å². The standard InChI is InChI=1S/C28H31F5O2/c1-2-3-16-4-6-17(7-5-16)18-8-10-19(11-9-18)20-12-13-21-22-14-15-23(35-28(31,32)33)25(30)27(22)34-26(21)24(20)29/h12-19H,2-11H2,1H3. The van der Waals surface area contributed by atoms with Gasteiger partial charge in [-0.3, -0.25) is 0 Å². The molecule has 0 aliphatic heterocycles. The van der Waals surface area contributed by atoms with Crippen LogP contribution in [0.1, 0.15) is 82.6 Å². The van der Waals surface area contributed by atoms with Gasteiger partial charge in [-0.05, 0) is 86.0 Å². The Balaban J connectivity index is 1.33. The Morgan fingerprint density at radius 1 is 0.800 bits per heavy atom. The largest absolute Gasteiger partial charge is 0.573 e. The minimum atomic E-state index is -5.04. The first kappa shape index (κ1) is 24.4. The molecule has 0 unspecified atom stereocenters. The molecule has 2 fully saturated rings. The van der Waals surface area contributed by atoms with Gasteiger partial charge in [0, 0.05) is 10.8 Å². The molecule has 0 amide bonds. The molecule has 0 radical (unpaired) electrons. The van der Waals surface area contributed by atoms with Gasteiger partial charge in [-0.2, -0.15) is 4.39 Å². The van der Waals surface area contributed by atoms with Gasteiger partial charge >= 0.3 is 6.36 Å². The van der Waals surface area contributed by atoms with E-state index >= 15 is 4.39 Å². The highest BCUT2D eigenvalue weighted by Gasteiger charge is 2.34. The number of hydrogen-bond acceptors (Lipinski definition) is 2. The van der Waals surface area contributed by atoms with Crippen molar-refractivity contribution in [2.75, 3.05) is 0 Å². The molecule has 2 saturated carbocycles. The molecular weight excluding hydrogens is 463 g/mol. The van der Waals surface area contributed by atoms with Crippen molar-refractivity contribution in [3.63, 3.8) is 0 Å². The lowest BCUT2D eigenvalue weighted by Gasteiger charge is -2.38. The van der Waals surface area contributed by atoms with E-state index in [2.05, 4.69) is 11.7 Å². The lowest BCUT2D eigenvalue weighted by atomic mass is 9.68. The van der Waals surface area contributed by atoms with Crippen LogP contribution in [0.2, 0.25) is 0 Å². The molecular formula is C28H31F5O2. The highest BCUT2D eigenvalue weighted by Crippen LogP contribution is 2.46. The van der Waals surface area contributed by atoms with E-state index in [4.69, 9.17) is 4.42 Å². The lowest BCUT2D eigenvalue weighted by Crippen LogP contribution is -2.25. The molecule has 3 aromatic rings. The quantitative estimate of drug-likeness (QED) is 0.330. The monoisotopic (exact) mass is 494 g/mol. The van der Waals surface area contributed by atoms with Gasteiger partial charge in [0.15, 0.2) is 22.7 Å². The van der Waals surface area contributed by atoms with Gasteiger partial charge in [0.1, 0.15) is 0 Å². The van der Waals surface area contributed by atoms with E-state index in [1.807, 2.05) is 0 Å². The zero-order chi connectivity index (χ0) is 24.7. The third kappa shape index (κ3) is 4.88. The number of ether oxygens (including phenoxy) is 1. The Bertz CT molecular complexity index is 1180. The Morgan fingerprint density at radius 3 is 1.97 bits per heavy atom. The SMILES string of the molecule is CCCC1CCC(C2CCC(c3ccc4c(oc5c(F)c(OC(F)(F)F)ccc54)c3F)CC2)CC1. The van der Waals surface area contributed by atoms with E-state index < -0.39 is 29.3 Å². The molecule has 7 heteroatoms. The zero-order valence-corrected chi connectivity index (χ0v) is 19.9. The van der Waals surface area contributed by atoms with Gasteiger partial charge in [-0.15, -0.1) is 13.2 Å². The summed E-state index contributed by atoms with van der Waals surface area (Å²) in [6, 6.07) is 5.57. The van der Waals surface area contributed by atoms with Gasteiger partial charge in [0.05, 0.1) is 0 Å². The van der Waals surface area contributed by atoms with Crippen LogP contribution in [0, 0.1) is 29.4 Å². The van der Waals surface area contributed by atoms with E-state index in [-0.39, 0.29) is 16.9 Å². The Kier molecular flexibility index (Phi) is 6.71. The average Bonchev–Trinajstić information content (AvgIpc) is 3.22. The van der Waals surface area contributed by atoms with Crippen molar-refractivity contribution in [1.82, 2.24) is 0 Å². The van der Waals surface area contributed by atoms with Crippen molar-refractivity contribution >= 4 is 21.9 Å². The molecule has 1 heterocycles. The van der Waals surface area contributed by atoms with Crippen LogP contribution in [-0.2, 0) is 0 Å². The van der Waals surface area contributed by atoms with E-state index in [1.165, 1.54) is 44.6 Å². The summed E-state index contributed by atoms with van der Waals surface area (Å²) in [7, 11) is 0. The van der Waals surface area contributed by atoms with Gasteiger partial charge in [0.25, 0.3) is 0 Å². The molecule has 0 bridgehead atoms. The van der Waals surface area contributed by atoms with Crippen molar-refractivity contribution in [3.05, 3.63) is 41.5 Å². The number of alkyl halides is 3. The molecule has 0 saturated heterocycles. The second-order valence-corrected chi connectivity index (χ2v) is 10.4. The summed E-state index contributed by atoms with van der Waals surface area (Å²) in [4.78, 5) is 0. The molecule has 0 spiro atoms. The minimum Gasteiger partial charge on any atom is -0.450 e. The van der Waals surface area contributed by atoms with Crippen molar-refractivity contribution in [3.8, 4) is 5.75 Å². The number of benzene rings is 2. The van der Waals surface area contributed by atoms with Crippen molar-refractivity contribution in [1.29, 1.82) is 0 Å². The average molecular weight is 495 g/mol. The number of rotatable bonds is 5. The first-order valence-electron chi connectivity index (χ1n) is 12.8. The molecule has 0 atom stereocenters. The summed E-state index contributed by atoms with van der Waals surface area (Å²) >= 11 is 0. The second kappa shape index (κ2) is 9.62. The summed E-state index contributed by atoms with van der Waals surface area (Å²) in [5.74, 6) is -0.388. The second-order valence-electron chi connectivity index (χ2n) is 10.4. The molecule has 190 valence electrons. The fourth-order valence-corrected chi connectivity index (χ4v) is 6.61. The van der Waals surface area contributed by atoms with Gasteiger partial charge in [0.2, 0.25) is 5.82 Å². The van der Waals surface area contributed by atoms with Crippen molar-refractivity contribution in [2.45, 2.75) is 83.4 Å². The van der Waals surface area contributed by atoms with Crippen LogP contribution in [-0.4, -0.2) is 6.36 Å². The van der Waals surface area contributed by atoms with Crippen LogP contribution < -0.4 is 4.74 Å². The van der Waals surface area contributed by atoms with E-state index in [0.29, 0.717) is 16.9 Å². The maximum Gasteiger partial charge on any atom is 0.573 e. The highest BCUT2D eigenvalue weighted by molar-refractivity contribution is 6.05. The first-order valence-corrected chi connectivity index (χ1v) is 12.8. The predicted molar refractivity (Wildman–Crippen MR) is 125 cm³/mol. The number of fused-ring (bicyclic) bond motifs is 3. The Labute approximate surface area is 201 Å². The van der Waals surface area contributed by atoms with Gasteiger partial charge in [-0.25, -0.2) is 4.39 Å². The fraction of sp³-hybridized carbons (Fsp3) is 0.571. The zero-order valence-electron chi connectivity index (χ0n) is 19.9.